The average molecular weight is 285 g/mol. The monoisotopic (exact) mass is 285 g/mol. The fourth-order valence-corrected chi connectivity index (χ4v) is 2.42. The zero-order valence-electron chi connectivity index (χ0n) is 11.1. The van der Waals surface area contributed by atoms with Crippen LogP contribution in [-0.4, -0.2) is 4.98 Å². The minimum Gasteiger partial charge on any atom is -0.271 e. The maximum atomic E-state index is 14.0. The normalized spacial score (nSPS) is 12.5. The quantitative estimate of drug-likeness (QED) is 0.574. The average Bonchev–Trinajstić information content (AvgIpc) is 2.50. The van der Waals surface area contributed by atoms with E-state index in [4.69, 9.17) is 5.84 Å². The van der Waals surface area contributed by atoms with E-state index in [2.05, 4.69) is 10.4 Å². The molecule has 5 heteroatoms. The van der Waals surface area contributed by atoms with Crippen molar-refractivity contribution in [1.29, 1.82) is 0 Å². The molecule has 3 nitrogen and oxygen atoms in total. The van der Waals surface area contributed by atoms with Crippen LogP contribution >= 0.6 is 0 Å². The van der Waals surface area contributed by atoms with Crippen molar-refractivity contribution >= 4 is 10.8 Å². The highest BCUT2D eigenvalue weighted by Gasteiger charge is 2.20. The van der Waals surface area contributed by atoms with E-state index in [0.29, 0.717) is 5.69 Å². The van der Waals surface area contributed by atoms with E-state index in [9.17, 15) is 8.78 Å². The summed E-state index contributed by atoms with van der Waals surface area (Å²) in [5, 5.41) is 1.84. The lowest BCUT2D eigenvalue weighted by Gasteiger charge is -2.18. The Labute approximate surface area is 120 Å². The molecule has 1 atom stereocenters. The number of rotatable bonds is 3. The molecule has 3 aromatic rings. The largest absolute Gasteiger partial charge is 0.271 e. The molecular formula is C16H13F2N3. The van der Waals surface area contributed by atoms with Crippen molar-refractivity contribution in [2.75, 3.05) is 0 Å². The van der Waals surface area contributed by atoms with Crippen LogP contribution in [0.4, 0.5) is 8.78 Å². The molecule has 106 valence electrons. The van der Waals surface area contributed by atoms with Crippen LogP contribution in [0, 0.1) is 11.6 Å². The maximum absolute atomic E-state index is 14.0. The van der Waals surface area contributed by atoms with Gasteiger partial charge < -0.3 is 0 Å². The summed E-state index contributed by atoms with van der Waals surface area (Å²) in [6.45, 7) is 0. The molecule has 0 spiro atoms. The second kappa shape index (κ2) is 5.55. The number of nitrogens with zero attached hydrogens (tertiary/aromatic N) is 1. The Bertz CT molecular complexity index is 784. The van der Waals surface area contributed by atoms with Crippen LogP contribution in [0.5, 0.6) is 0 Å². The summed E-state index contributed by atoms with van der Waals surface area (Å²) >= 11 is 0. The van der Waals surface area contributed by atoms with Gasteiger partial charge in [0.25, 0.3) is 0 Å². The van der Waals surface area contributed by atoms with E-state index in [-0.39, 0.29) is 5.56 Å². The first-order valence-corrected chi connectivity index (χ1v) is 6.45. The molecule has 0 aliphatic heterocycles. The van der Waals surface area contributed by atoms with Crippen molar-refractivity contribution in [2.24, 2.45) is 5.84 Å². The first-order chi connectivity index (χ1) is 10.2. The fraction of sp³-hybridized carbons (Fsp3) is 0.0625. The van der Waals surface area contributed by atoms with Gasteiger partial charge in [-0.3, -0.25) is 10.8 Å². The van der Waals surface area contributed by atoms with E-state index in [1.807, 2.05) is 30.3 Å². The lowest BCUT2D eigenvalue weighted by atomic mass is 9.98. The third-order valence-electron chi connectivity index (χ3n) is 3.42. The number of halogens is 2. The Kier molecular flexibility index (Phi) is 3.60. The van der Waals surface area contributed by atoms with Crippen molar-refractivity contribution in [3.05, 3.63) is 77.6 Å². The van der Waals surface area contributed by atoms with E-state index < -0.39 is 17.7 Å². The van der Waals surface area contributed by atoms with Gasteiger partial charge in [0, 0.05) is 23.2 Å². The van der Waals surface area contributed by atoms with Gasteiger partial charge in [-0.15, -0.1) is 0 Å². The van der Waals surface area contributed by atoms with Crippen molar-refractivity contribution in [2.45, 2.75) is 6.04 Å². The summed E-state index contributed by atoms with van der Waals surface area (Å²) in [6, 6.07) is 12.2. The number of hydrogen-bond donors (Lipinski definition) is 2. The van der Waals surface area contributed by atoms with Crippen LogP contribution in [-0.2, 0) is 0 Å². The van der Waals surface area contributed by atoms with Crippen LogP contribution < -0.4 is 11.3 Å². The number of fused-ring (bicyclic) bond motifs is 1. The summed E-state index contributed by atoms with van der Waals surface area (Å²) in [5.74, 6) is 4.30. The first-order valence-electron chi connectivity index (χ1n) is 6.45. The molecule has 0 amide bonds. The van der Waals surface area contributed by atoms with Gasteiger partial charge in [-0.1, -0.05) is 30.3 Å². The number of hydrogen-bond acceptors (Lipinski definition) is 3. The number of aromatic nitrogens is 1. The van der Waals surface area contributed by atoms with E-state index in [1.165, 1.54) is 12.1 Å². The third kappa shape index (κ3) is 2.49. The maximum Gasteiger partial charge on any atom is 0.131 e. The molecular weight excluding hydrogens is 272 g/mol. The summed E-state index contributed by atoms with van der Waals surface area (Å²) < 4.78 is 27.1. The highest BCUT2D eigenvalue weighted by molar-refractivity contribution is 5.85. The zero-order valence-corrected chi connectivity index (χ0v) is 11.1. The lowest BCUT2D eigenvalue weighted by Crippen LogP contribution is -2.30. The Hall–Kier alpha value is -2.37. The second-order valence-corrected chi connectivity index (χ2v) is 4.68. The summed E-state index contributed by atoms with van der Waals surface area (Å²) in [6.07, 6.45) is 1.64. The molecule has 0 saturated carbocycles. The molecule has 3 N–H and O–H groups in total. The van der Waals surface area contributed by atoms with Crippen LogP contribution in [0.1, 0.15) is 17.3 Å². The van der Waals surface area contributed by atoms with Crippen LogP contribution in [0.3, 0.4) is 0 Å². The predicted molar refractivity (Wildman–Crippen MR) is 77.3 cm³/mol. The summed E-state index contributed by atoms with van der Waals surface area (Å²) in [4.78, 5) is 4.32. The number of nitrogens with one attached hydrogen (secondary N) is 1. The SMILES string of the molecule is NNC(c1ccc(F)cc1F)c1nccc2ccccc12. The highest BCUT2D eigenvalue weighted by Crippen LogP contribution is 2.28. The topological polar surface area (TPSA) is 50.9 Å². The van der Waals surface area contributed by atoms with E-state index >= 15 is 0 Å². The Morgan fingerprint density at radius 2 is 1.86 bits per heavy atom. The fourth-order valence-electron chi connectivity index (χ4n) is 2.42. The number of hydrazine groups is 1. The van der Waals surface area contributed by atoms with Crippen LogP contribution in [0.2, 0.25) is 0 Å². The zero-order chi connectivity index (χ0) is 14.8. The molecule has 0 fully saturated rings. The van der Waals surface area contributed by atoms with Gasteiger partial charge in [0.05, 0.1) is 11.7 Å². The van der Waals surface area contributed by atoms with Crippen LogP contribution in [0.15, 0.2) is 54.7 Å². The summed E-state index contributed by atoms with van der Waals surface area (Å²) in [5.41, 5.74) is 3.41. The van der Waals surface area contributed by atoms with Gasteiger partial charge in [0.2, 0.25) is 0 Å². The van der Waals surface area contributed by atoms with Crippen molar-refractivity contribution in [3.63, 3.8) is 0 Å². The molecule has 0 aliphatic carbocycles. The molecule has 0 radical (unpaired) electrons. The number of benzene rings is 2. The lowest BCUT2D eigenvalue weighted by molar-refractivity contribution is 0.538. The molecule has 3 rings (SSSR count). The van der Waals surface area contributed by atoms with Crippen molar-refractivity contribution in [1.82, 2.24) is 10.4 Å². The van der Waals surface area contributed by atoms with Crippen molar-refractivity contribution < 1.29 is 8.78 Å². The number of pyridine rings is 1. The van der Waals surface area contributed by atoms with Gasteiger partial charge in [-0.05, 0) is 17.5 Å². The minimum atomic E-state index is -0.660. The standard InChI is InChI=1S/C16H13F2N3/c17-11-5-6-13(14(18)9-11)16(21-19)15-12-4-2-1-3-10(12)7-8-20-15/h1-9,16,21H,19H2. The Balaban J connectivity index is 2.18. The molecule has 2 aromatic carbocycles. The Morgan fingerprint density at radius 3 is 2.62 bits per heavy atom. The van der Waals surface area contributed by atoms with Gasteiger partial charge >= 0.3 is 0 Å². The predicted octanol–water partition coefficient (Wildman–Crippen LogP) is 3.07. The van der Waals surface area contributed by atoms with Gasteiger partial charge in [-0.25, -0.2) is 14.2 Å². The molecule has 1 aromatic heterocycles. The van der Waals surface area contributed by atoms with E-state index in [0.717, 1.165) is 16.8 Å². The van der Waals surface area contributed by atoms with Gasteiger partial charge in [0.1, 0.15) is 11.6 Å². The van der Waals surface area contributed by atoms with Gasteiger partial charge in [-0.2, -0.15) is 0 Å². The first kappa shape index (κ1) is 13.6. The summed E-state index contributed by atoms with van der Waals surface area (Å²) in [7, 11) is 0. The van der Waals surface area contributed by atoms with E-state index in [1.54, 1.807) is 6.20 Å². The second-order valence-electron chi connectivity index (χ2n) is 4.68. The molecule has 0 saturated heterocycles. The number of nitrogens with two attached hydrogens (primary N) is 1. The Morgan fingerprint density at radius 1 is 1.05 bits per heavy atom. The third-order valence-corrected chi connectivity index (χ3v) is 3.42. The highest BCUT2D eigenvalue weighted by atomic mass is 19.1. The molecule has 0 aliphatic rings. The molecule has 21 heavy (non-hydrogen) atoms. The molecule has 1 heterocycles. The van der Waals surface area contributed by atoms with Crippen molar-refractivity contribution in [3.8, 4) is 0 Å². The molecule has 1 unspecified atom stereocenters. The van der Waals surface area contributed by atoms with Gasteiger partial charge in [0.15, 0.2) is 0 Å². The molecule has 0 bridgehead atoms. The minimum absolute atomic E-state index is 0.253. The van der Waals surface area contributed by atoms with Crippen LogP contribution in [0.25, 0.3) is 10.8 Å². The smallest absolute Gasteiger partial charge is 0.131 e.